The molecule has 0 aromatic heterocycles. The Balaban J connectivity index is 2.56. The van der Waals surface area contributed by atoms with E-state index in [0.29, 0.717) is 19.2 Å². The van der Waals surface area contributed by atoms with Crippen molar-refractivity contribution in [2.24, 2.45) is 5.92 Å². The van der Waals surface area contributed by atoms with Crippen LogP contribution in [-0.4, -0.2) is 32.3 Å². The maximum absolute atomic E-state index is 13.1. The molecule has 24 heavy (non-hydrogen) atoms. The van der Waals surface area contributed by atoms with Crippen LogP contribution in [0, 0.1) is 5.92 Å². The molecule has 1 atom stereocenters. The predicted octanol–water partition coefficient (Wildman–Crippen LogP) is 3.09. The Bertz CT molecular complexity index is 765. The molecule has 1 fully saturated rings. The van der Waals surface area contributed by atoms with Gasteiger partial charge >= 0.3 is 6.18 Å². The molecule has 1 aliphatic rings. The molecule has 5 nitrogen and oxygen atoms in total. The summed E-state index contributed by atoms with van der Waals surface area (Å²) < 4.78 is 62.4. The Kier molecular flexibility index (Phi) is 5.06. The number of hydrogen-bond acceptors (Lipinski definition) is 4. The highest BCUT2D eigenvalue weighted by Crippen LogP contribution is 2.38. The monoisotopic (exact) mass is 384 g/mol. The fraction of sp³-hybridized carbons (Fsp3) is 0.500. The fourth-order valence-electron chi connectivity index (χ4n) is 2.74. The minimum Gasteiger partial charge on any atom is -0.397 e. The quantitative estimate of drug-likeness (QED) is 0.627. The summed E-state index contributed by atoms with van der Waals surface area (Å²) in [5.74, 6) is -0.455. The number of carbonyl (C=O) groups excluding carboxylic acids is 1. The van der Waals surface area contributed by atoms with E-state index in [4.69, 9.17) is 16.4 Å². The summed E-state index contributed by atoms with van der Waals surface area (Å²) in [5.41, 5.74) is 2.51. The zero-order valence-electron chi connectivity index (χ0n) is 12.7. The first-order valence-corrected chi connectivity index (χ1v) is 9.47. The van der Waals surface area contributed by atoms with Crippen LogP contribution in [0.4, 0.5) is 18.9 Å². The first-order valence-electron chi connectivity index (χ1n) is 7.16. The Hall–Kier alpha value is -1.48. The highest BCUT2D eigenvalue weighted by Gasteiger charge is 2.37. The van der Waals surface area contributed by atoms with Crippen LogP contribution in [0.5, 0.6) is 0 Å². The Morgan fingerprint density at radius 1 is 1.38 bits per heavy atom. The second-order valence-electron chi connectivity index (χ2n) is 5.87. The number of rotatable bonds is 2. The number of nitrogen functional groups attached to an aromatic ring is 1. The molecule has 1 aliphatic heterocycles. The molecule has 0 bridgehead atoms. The van der Waals surface area contributed by atoms with Crippen molar-refractivity contribution in [1.82, 2.24) is 4.90 Å². The highest BCUT2D eigenvalue weighted by atomic mass is 35.7. The summed E-state index contributed by atoms with van der Waals surface area (Å²) in [5, 5.41) is 0. The van der Waals surface area contributed by atoms with E-state index in [1.54, 1.807) is 0 Å². The summed E-state index contributed by atoms with van der Waals surface area (Å²) in [4.78, 5) is 13.0. The van der Waals surface area contributed by atoms with Crippen molar-refractivity contribution in [3.8, 4) is 0 Å². The number of amides is 1. The summed E-state index contributed by atoms with van der Waals surface area (Å²) in [7, 11) is 0.634. The van der Waals surface area contributed by atoms with Gasteiger partial charge in [-0.3, -0.25) is 4.79 Å². The topological polar surface area (TPSA) is 80.5 Å². The largest absolute Gasteiger partial charge is 0.418 e. The standard InChI is InChI=1S/C14H16ClF3N2O3S/c1-8-3-2-4-20(7-8)13(21)9-5-10(14(16,17)18)12(19)11(6-9)24(15,22)23/h5-6,8H,2-4,7,19H2,1H3/t8-/m0/s1. The SMILES string of the molecule is C[C@H]1CCCN(C(=O)c2cc(C(F)(F)F)c(N)c(S(=O)(=O)Cl)c2)C1. The number of nitrogens with two attached hydrogens (primary N) is 1. The molecular formula is C14H16ClF3N2O3S. The Morgan fingerprint density at radius 3 is 2.50 bits per heavy atom. The molecule has 0 spiro atoms. The first kappa shape index (κ1) is 18.9. The molecule has 1 amide bonds. The molecule has 1 aromatic rings. The van der Waals surface area contributed by atoms with Crippen LogP contribution in [0.15, 0.2) is 17.0 Å². The molecule has 0 unspecified atom stereocenters. The lowest BCUT2D eigenvalue weighted by molar-refractivity contribution is -0.137. The lowest BCUT2D eigenvalue weighted by Crippen LogP contribution is -2.39. The third-order valence-corrected chi connectivity index (χ3v) is 5.26. The van der Waals surface area contributed by atoms with E-state index in [2.05, 4.69) is 0 Å². The van der Waals surface area contributed by atoms with Crippen LogP contribution >= 0.6 is 10.7 Å². The number of hydrogen-bond donors (Lipinski definition) is 1. The number of piperidine rings is 1. The van der Waals surface area contributed by atoms with Crippen LogP contribution in [0.25, 0.3) is 0 Å². The Morgan fingerprint density at radius 2 is 2.00 bits per heavy atom. The molecule has 2 N–H and O–H groups in total. The molecule has 1 saturated heterocycles. The molecule has 1 heterocycles. The molecule has 134 valence electrons. The maximum atomic E-state index is 13.1. The summed E-state index contributed by atoms with van der Waals surface area (Å²) >= 11 is 0. The van der Waals surface area contributed by atoms with Crippen molar-refractivity contribution in [2.45, 2.75) is 30.8 Å². The van der Waals surface area contributed by atoms with Crippen molar-refractivity contribution >= 4 is 31.3 Å². The smallest absolute Gasteiger partial charge is 0.397 e. The fourth-order valence-corrected chi connectivity index (χ4v) is 3.77. The number of carbonyl (C=O) groups is 1. The number of likely N-dealkylation sites (tertiary alicyclic amines) is 1. The third kappa shape index (κ3) is 3.94. The summed E-state index contributed by atoms with van der Waals surface area (Å²) in [6.07, 6.45) is -3.26. The summed E-state index contributed by atoms with van der Waals surface area (Å²) in [6, 6.07) is 1.37. The van der Waals surface area contributed by atoms with Crippen molar-refractivity contribution in [3.05, 3.63) is 23.3 Å². The van der Waals surface area contributed by atoms with Crippen molar-refractivity contribution in [2.75, 3.05) is 18.8 Å². The van der Waals surface area contributed by atoms with Crippen molar-refractivity contribution in [1.29, 1.82) is 0 Å². The molecule has 1 aromatic carbocycles. The number of halogens is 4. The average Bonchev–Trinajstić information content (AvgIpc) is 2.44. The first-order chi connectivity index (χ1) is 10.9. The van der Waals surface area contributed by atoms with Gasteiger partial charge in [-0.15, -0.1) is 0 Å². The second-order valence-corrected chi connectivity index (χ2v) is 8.40. The van der Waals surface area contributed by atoms with E-state index < -0.39 is 42.8 Å². The molecule has 0 radical (unpaired) electrons. The lowest BCUT2D eigenvalue weighted by atomic mass is 9.99. The van der Waals surface area contributed by atoms with E-state index in [9.17, 15) is 26.4 Å². The van der Waals surface area contributed by atoms with Gasteiger partial charge in [-0.05, 0) is 30.9 Å². The van der Waals surface area contributed by atoms with Crippen LogP contribution in [0.2, 0.25) is 0 Å². The molecule has 0 saturated carbocycles. The predicted molar refractivity (Wildman–Crippen MR) is 83.2 cm³/mol. The maximum Gasteiger partial charge on any atom is 0.418 e. The van der Waals surface area contributed by atoms with Crippen molar-refractivity contribution in [3.63, 3.8) is 0 Å². The van der Waals surface area contributed by atoms with Gasteiger partial charge in [-0.1, -0.05) is 6.92 Å². The van der Waals surface area contributed by atoms with Gasteiger partial charge < -0.3 is 10.6 Å². The van der Waals surface area contributed by atoms with E-state index in [0.717, 1.165) is 18.9 Å². The molecule has 0 aliphatic carbocycles. The second kappa shape index (κ2) is 6.44. The van der Waals surface area contributed by atoms with Crippen LogP contribution in [0.3, 0.4) is 0 Å². The highest BCUT2D eigenvalue weighted by molar-refractivity contribution is 8.13. The minimum atomic E-state index is -4.91. The van der Waals surface area contributed by atoms with Gasteiger partial charge in [-0.2, -0.15) is 13.2 Å². The molecule has 10 heteroatoms. The van der Waals surface area contributed by atoms with Gasteiger partial charge in [-0.25, -0.2) is 8.42 Å². The summed E-state index contributed by atoms with van der Waals surface area (Å²) in [6.45, 7) is 2.73. The van der Waals surface area contributed by atoms with Gasteiger partial charge in [0.05, 0.1) is 11.3 Å². The molecular weight excluding hydrogens is 369 g/mol. The lowest BCUT2D eigenvalue weighted by Gasteiger charge is -2.31. The van der Waals surface area contributed by atoms with E-state index >= 15 is 0 Å². The number of alkyl halides is 3. The van der Waals surface area contributed by atoms with E-state index in [1.165, 1.54) is 4.90 Å². The van der Waals surface area contributed by atoms with Crippen LogP contribution in [-0.2, 0) is 15.2 Å². The Labute approximate surface area is 142 Å². The van der Waals surface area contributed by atoms with Gasteiger partial charge in [0.2, 0.25) is 0 Å². The zero-order chi connectivity index (χ0) is 18.3. The number of anilines is 1. The third-order valence-electron chi connectivity index (χ3n) is 3.90. The van der Waals surface area contributed by atoms with Gasteiger partial charge in [0.15, 0.2) is 0 Å². The average molecular weight is 385 g/mol. The van der Waals surface area contributed by atoms with E-state index in [-0.39, 0.29) is 5.92 Å². The zero-order valence-corrected chi connectivity index (χ0v) is 14.3. The number of nitrogens with zero attached hydrogens (tertiary/aromatic N) is 1. The van der Waals surface area contributed by atoms with E-state index in [1.807, 2.05) is 6.92 Å². The number of benzene rings is 1. The van der Waals surface area contributed by atoms with Gasteiger partial charge in [0.1, 0.15) is 4.90 Å². The molecule has 2 rings (SSSR count). The van der Waals surface area contributed by atoms with Crippen molar-refractivity contribution < 1.29 is 26.4 Å². The van der Waals surface area contributed by atoms with Crippen LogP contribution in [0.1, 0.15) is 35.7 Å². The van der Waals surface area contributed by atoms with Gasteiger partial charge in [0.25, 0.3) is 15.0 Å². The van der Waals surface area contributed by atoms with Crippen LogP contribution < -0.4 is 5.73 Å². The normalized spacial score (nSPS) is 19.4. The minimum absolute atomic E-state index is 0.217. The van der Waals surface area contributed by atoms with Gasteiger partial charge in [0, 0.05) is 29.3 Å².